The normalized spacial score (nSPS) is 17.5. The molecule has 0 bridgehead atoms. The molecular weight excluding hydrogens is 318 g/mol. The summed E-state index contributed by atoms with van der Waals surface area (Å²) in [5.74, 6) is 0.0120. The fourth-order valence-corrected chi connectivity index (χ4v) is 3.61. The summed E-state index contributed by atoms with van der Waals surface area (Å²) in [7, 11) is 1.71. The number of aromatic amines is 1. The largest absolute Gasteiger partial charge is 0.334 e. The van der Waals surface area contributed by atoms with Gasteiger partial charge in [0.15, 0.2) is 0 Å². The van der Waals surface area contributed by atoms with E-state index in [-0.39, 0.29) is 17.6 Å². The van der Waals surface area contributed by atoms with Crippen LogP contribution in [0.3, 0.4) is 0 Å². The van der Waals surface area contributed by atoms with Crippen molar-refractivity contribution in [2.45, 2.75) is 32.4 Å². The van der Waals surface area contributed by atoms with E-state index < -0.39 is 0 Å². The minimum absolute atomic E-state index is 0.0120. The van der Waals surface area contributed by atoms with Gasteiger partial charge >= 0.3 is 5.69 Å². The van der Waals surface area contributed by atoms with Crippen molar-refractivity contribution in [1.29, 1.82) is 0 Å². The number of carbonyl (C=O) groups is 1. The molecule has 3 heterocycles. The Bertz CT molecular complexity index is 996. The molecule has 1 aromatic carbocycles. The Morgan fingerprint density at radius 1 is 1.40 bits per heavy atom. The van der Waals surface area contributed by atoms with Crippen LogP contribution in [0.25, 0.3) is 11.0 Å². The van der Waals surface area contributed by atoms with Crippen LogP contribution in [0.15, 0.2) is 35.4 Å². The number of nitrogens with one attached hydrogen (secondary N) is 1. The zero-order chi connectivity index (χ0) is 17.6. The number of likely N-dealkylation sites (tertiary alicyclic amines) is 1. The lowest BCUT2D eigenvalue weighted by atomic mass is 10.1. The molecule has 25 heavy (non-hydrogen) atoms. The van der Waals surface area contributed by atoms with Crippen LogP contribution in [0.2, 0.25) is 0 Å². The van der Waals surface area contributed by atoms with Crippen molar-refractivity contribution in [2.75, 3.05) is 6.54 Å². The van der Waals surface area contributed by atoms with Crippen molar-refractivity contribution in [3.05, 3.63) is 52.2 Å². The van der Waals surface area contributed by atoms with Crippen molar-refractivity contribution < 1.29 is 4.79 Å². The third-order valence-electron chi connectivity index (χ3n) is 4.95. The predicted molar refractivity (Wildman–Crippen MR) is 94.6 cm³/mol. The Morgan fingerprint density at radius 2 is 2.24 bits per heavy atom. The van der Waals surface area contributed by atoms with E-state index in [9.17, 15) is 9.59 Å². The lowest BCUT2D eigenvalue weighted by Crippen LogP contribution is -2.38. The van der Waals surface area contributed by atoms with Gasteiger partial charge in [0.25, 0.3) is 5.91 Å². The molecule has 3 aromatic rings. The Labute approximate surface area is 144 Å². The maximum Gasteiger partial charge on any atom is 0.326 e. The van der Waals surface area contributed by atoms with Gasteiger partial charge in [0, 0.05) is 25.4 Å². The summed E-state index contributed by atoms with van der Waals surface area (Å²) in [5.41, 5.74) is 3.04. The molecule has 4 rings (SSSR count). The lowest BCUT2D eigenvalue weighted by Gasteiger charge is -2.25. The van der Waals surface area contributed by atoms with E-state index >= 15 is 0 Å². The predicted octanol–water partition coefficient (Wildman–Crippen LogP) is 1.68. The van der Waals surface area contributed by atoms with Gasteiger partial charge < -0.3 is 9.88 Å². The molecule has 1 fully saturated rings. The second-order valence-electron chi connectivity index (χ2n) is 6.76. The Kier molecular flexibility index (Phi) is 3.71. The molecule has 1 amide bonds. The molecule has 0 aliphatic carbocycles. The molecule has 1 aliphatic rings. The summed E-state index contributed by atoms with van der Waals surface area (Å²) in [6, 6.07) is 5.54. The third-order valence-corrected chi connectivity index (χ3v) is 4.95. The maximum atomic E-state index is 13.0. The minimum atomic E-state index is -0.173. The highest BCUT2D eigenvalue weighted by atomic mass is 16.2. The van der Waals surface area contributed by atoms with Gasteiger partial charge in [0.1, 0.15) is 0 Å². The molecule has 0 radical (unpaired) electrons. The molecule has 130 valence electrons. The number of rotatable bonds is 3. The summed E-state index contributed by atoms with van der Waals surface area (Å²) >= 11 is 0. The smallest absolute Gasteiger partial charge is 0.326 e. The highest BCUT2D eigenvalue weighted by molar-refractivity contribution is 5.97. The number of aromatic nitrogens is 4. The zero-order valence-corrected chi connectivity index (χ0v) is 14.4. The van der Waals surface area contributed by atoms with Crippen LogP contribution in [-0.4, -0.2) is 42.7 Å². The molecular formula is C18H21N5O2. The van der Waals surface area contributed by atoms with E-state index in [4.69, 9.17) is 0 Å². The van der Waals surface area contributed by atoms with Crippen molar-refractivity contribution in [1.82, 2.24) is 24.2 Å². The number of imidazole rings is 1. The standard InChI is InChI=1S/C18H21N5O2/c1-12-9-19-22(10-12)11-14-4-3-7-23(14)17(24)13-5-6-16-15(8-13)20-18(25)21(16)2/h5-6,8-10,14H,3-4,7,11H2,1-2H3,(H,20,25)/t14-/m1/s1. The number of H-pyrrole nitrogens is 1. The van der Waals surface area contributed by atoms with Crippen molar-refractivity contribution in [3.8, 4) is 0 Å². The van der Waals surface area contributed by atoms with E-state index in [0.29, 0.717) is 17.6 Å². The van der Waals surface area contributed by atoms with Crippen molar-refractivity contribution >= 4 is 16.9 Å². The van der Waals surface area contributed by atoms with E-state index in [1.54, 1.807) is 23.7 Å². The number of carbonyl (C=O) groups excluding carboxylic acids is 1. The van der Waals surface area contributed by atoms with Crippen molar-refractivity contribution in [3.63, 3.8) is 0 Å². The van der Waals surface area contributed by atoms with Gasteiger partial charge in [-0.15, -0.1) is 0 Å². The third kappa shape index (κ3) is 2.75. The van der Waals surface area contributed by atoms with Gasteiger partial charge in [-0.25, -0.2) is 4.79 Å². The highest BCUT2D eigenvalue weighted by Gasteiger charge is 2.30. The molecule has 1 aliphatic heterocycles. The summed E-state index contributed by atoms with van der Waals surface area (Å²) in [6.45, 7) is 3.48. The minimum Gasteiger partial charge on any atom is -0.334 e. The molecule has 0 unspecified atom stereocenters. The molecule has 7 nitrogen and oxygen atoms in total. The van der Waals surface area contributed by atoms with Crippen LogP contribution < -0.4 is 5.69 Å². The molecule has 7 heteroatoms. The maximum absolute atomic E-state index is 13.0. The van der Waals surface area contributed by atoms with Crippen LogP contribution in [0.1, 0.15) is 28.8 Å². The number of nitrogens with zero attached hydrogens (tertiary/aromatic N) is 4. The van der Waals surface area contributed by atoms with E-state index in [1.807, 2.05) is 35.0 Å². The topological polar surface area (TPSA) is 75.9 Å². The zero-order valence-electron chi connectivity index (χ0n) is 14.4. The number of amides is 1. The van der Waals surface area contributed by atoms with Crippen LogP contribution >= 0.6 is 0 Å². The number of aryl methyl sites for hydroxylation is 2. The first-order chi connectivity index (χ1) is 12.0. The quantitative estimate of drug-likeness (QED) is 0.789. The summed E-state index contributed by atoms with van der Waals surface area (Å²) in [5, 5.41) is 4.34. The summed E-state index contributed by atoms with van der Waals surface area (Å²) in [4.78, 5) is 29.4. The Morgan fingerprint density at radius 3 is 3.00 bits per heavy atom. The summed E-state index contributed by atoms with van der Waals surface area (Å²) in [6.07, 6.45) is 5.82. The highest BCUT2D eigenvalue weighted by Crippen LogP contribution is 2.23. The van der Waals surface area contributed by atoms with Gasteiger partial charge in [-0.2, -0.15) is 5.10 Å². The van der Waals surface area contributed by atoms with Crippen molar-refractivity contribution in [2.24, 2.45) is 7.05 Å². The van der Waals surface area contributed by atoms with Gasteiger partial charge in [-0.3, -0.25) is 14.0 Å². The first-order valence-corrected chi connectivity index (χ1v) is 8.52. The molecule has 0 saturated carbocycles. The number of hydrogen-bond donors (Lipinski definition) is 1. The molecule has 0 spiro atoms. The Hall–Kier alpha value is -2.83. The fourth-order valence-electron chi connectivity index (χ4n) is 3.61. The first-order valence-electron chi connectivity index (χ1n) is 8.52. The van der Waals surface area contributed by atoms with E-state index in [0.717, 1.165) is 30.5 Å². The van der Waals surface area contributed by atoms with Crippen LogP contribution in [0.5, 0.6) is 0 Å². The fraction of sp³-hybridized carbons (Fsp3) is 0.389. The lowest BCUT2D eigenvalue weighted by molar-refractivity contribution is 0.0722. The van der Waals surface area contributed by atoms with E-state index in [2.05, 4.69) is 10.1 Å². The van der Waals surface area contributed by atoms with Crippen LogP contribution in [0, 0.1) is 6.92 Å². The van der Waals surface area contributed by atoms with Gasteiger partial charge in [0.05, 0.1) is 29.8 Å². The molecule has 1 saturated heterocycles. The number of fused-ring (bicyclic) bond motifs is 1. The molecule has 1 N–H and O–H groups in total. The van der Waals surface area contributed by atoms with E-state index in [1.165, 1.54) is 0 Å². The van der Waals surface area contributed by atoms with Gasteiger partial charge in [0.2, 0.25) is 0 Å². The SMILES string of the molecule is Cc1cnn(C[C@H]2CCCN2C(=O)c2ccc3c(c2)[nH]c(=O)n3C)c1. The van der Waals surface area contributed by atoms with Gasteiger partial charge in [-0.05, 0) is 43.5 Å². The average Bonchev–Trinajstić information content (AvgIpc) is 3.28. The Balaban J connectivity index is 1.59. The molecule has 2 aromatic heterocycles. The second-order valence-corrected chi connectivity index (χ2v) is 6.76. The number of hydrogen-bond acceptors (Lipinski definition) is 3. The van der Waals surface area contributed by atoms with Gasteiger partial charge in [-0.1, -0.05) is 0 Å². The summed E-state index contributed by atoms with van der Waals surface area (Å²) < 4.78 is 3.45. The monoisotopic (exact) mass is 339 g/mol. The molecule has 1 atom stereocenters. The van der Waals surface area contributed by atoms with Crippen LogP contribution in [-0.2, 0) is 13.6 Å². The second kappa shape index (κ2) is 5.91. The first kappa shape index (κ1) is 15.7. The number of benzene rings is 1. The van der Waals surface area contributed by atoms with Crippen LogP contribution in [0.4, 0.5) is 0 Å². The average molecular weight is 339 g/mol.